The van der Waals surface area contributed by atoms with Crippen LogP contribution in [0.15, 0.2) is 29.4 Å². The van der Waals surface area contributed by atoms with Gasteiger partial charge in [-0.3, -0.25) is 9.59 Å². The summed E-state index contributed by atoms with van der Waals surface area (Å²) < 4.78 is 18.8. The Labute approximate surface area is 158 Å². The fourth-order valence-corrected chi connectivity index (χ4v) is 3.91. The van der Waals surface area contributed by atoms with E-state index in [4.69, 9.17) is 9.57 Å². The molecule has 1 amide bonds. The summed E-state index contributed by atoms with van der Waals surface area (Å²) in [5, 5.41) is 4.10. The molecule has 3 rings (SSSR count). The number of ether oxygens (including phenoxy) is 1. The molecule has 0 aromatic heterocycles. The minimum Gasteiger partial charge on any atom is -0.466 e. The van der Waals surface area contributed by atoms with Gasteiger partial charge < -0.3 is 14.5 Å². The molecule has 1 fully saturated rings. The Morgan fingerprint density at radius 3 is 2.96 bits per heavy atom. The highest BCUT2D eigenvalue weighted by Crippen LogP contribution is 2.39. The molecular weight excluding hydrogens is 351 g/mol. The van der Waals surface area contributed by atoms with E-state index in [0.717, 1.165) is 6.42 Å². The van der Waals surface area contributed by atoms with Crippen molar-refractivity contribution in [2.24, 2.45) is 10.6 Å². The molecular formula is C20H25FN2O4. The molecule has 0 unspecified atom stereocenters. The summed E-state index contributed by atoms with van der Waals surface area (Å²) in [6.45, 7) is 4.55. The Balaban J connectivity index is 1.74. The zero-order chi connectivity index (χ0) is 19.4. The van der Waals surface area contributed by atoms with Crippen molar-refractivity contribution in [3.63, 3.8) is 0 Å². The van der Waals surface area contributed by atoms with Crippen LogP contribution in [-0.4, -0.2) is 48.3 Å². The number of halogens is 1. The zero-order valence-electron chi connectivity index (χ0n) is 15.7. The molecule has 0 bridgehead atoms. The van der Waals surface area contributed by atoms with Crippen molar-refractivity contribution in [2.45, 2.75) is 45.6 Å². The van der Waals surface area contributed by atoms with Gasteiger partial charge in [0.2, 0.25) is 5.91 Å². The van der Waals surface area contributed by atoms with Crippen molar-refractivity contribution in [1.82, 2.24) is 4.90 Å². The van der Waals surface area contributed by atoms with Crippen molar-refractivity contribution in [3.05, 3.63) is 35.6 Å². The highest BCUT2D eigenvalue weighted by molar-refractivity contribution is 6.01. The highest BCUT2D eigenvalue weighted by Gasteiger charge is 2.47. The number of amides is 1. The Kier molecular flexibility index (Phi) is 5.77. The Bertz CT molecular complexity index is 751. The van der Waals surface area contributed by atoms with Crippen LogP contribution in [0.25, 0.3) is 0 Å². The van der Waals surface area contributed by atoms with Gasteiger partial charge >= 0.3 is 5.97 Å². The van der Waals surface area contributed by atoms with E-state index in [2.05, 4.69) is 5.16 Å². The van der Waals surface area contributed by atoms with Gasteiger partial charge in [0.05, 0.1) is 17.7 Å². The normalized spacial score (nSPS) is 24.9. The van der Waals surface area contributed by atoms with Crippen LogP contribution in [0, 0.1) is 11.2 Å². The maximum absolute atomic E-state index is 13.5. The van der Waals surface area contributed by atoms with E-state index in [0.29, 0.717) is 43.6 Å². The SMILES string of the molecule is CCOC(=O)[C@]1(C[C@H]2CC(c3cccc(F)c3)=NO2)CCCN(C(C)=O)C1. The molecule has 6 nitrogen and oxygen atoms in total. The predicted molar refractivity (Wildman–Crippen MR) is 97.6 cm³/mol. The van der Waals surface area contributed by atoms with Gasteiger partial charge in [-0.2, -0.15) is 0 Å². The smallest absolute Gasteiger partial charge is 0.314 e. The summed E-state index contributed by atoms with van der Waals surface area (Å²) >= 11 is 0. The number of hydrogen-bond acceptors (Lipinski definition) is 5. The molecule has 0 aliphatic carbocycles. The second-order valence-electron chi connectivity index (χ2n) is 7.23. The van der Waals surface area contributed by atoms with Crippen LogP contribution < -0.4 is 0 Å². The van der Waals surface area contributed by atoms with Crippen LogP contribution in [0.1, 0.15) is 45.1 Å². The standard InChI is InChI=1S/C20H25FN2O4/c1-3-26-19(25)20(8-5-9-23(13-20)14(2)24)12-17-11-18(22-27-17)15-6-4-7-16(21)10-15/h4,6-7,10,17H,3,5,8-9,11-13H2,1-2H3/t17-,20+/m1/s1. The van der Waals surface area contributed by atoms with Crippen LogP contribution in [0.4, 0.5) is 4.39 Å². The first kappa shape index (κ1) is 19.3. The zero-order valence-corrected chi connectivity index (χ0v) is 15.7. The molecule has 1 aromatic rings. The minimum atomic E-state index is -0.794. The lowest BCUT2D eigenvalue weighted by Gasteiger charge is -2.41. The van der Waals surface area contributed by atoms with E-state index < -0.39 is 5.41 Å². The molecule has 146 valence electrons. The lowest BCUT2D eigenvalue weighted by atomic mass is 9.74. The van der Waals surface area contributed by atoms with Gasteiger partial charge in [0.25, 0.3) is 0 Å². The molecule has 0 spiro atoms. The molecule has 0 N–H and O–H groups in total. The quantitative estimate of drug-likeness (QED) is 0.741. The number of rotatable bonds is 5. The van der Waals surface area contributed by atoms with E-state index in [1.54, 1.807) is 24.0 Å². The molecule has 27 heavy (non-hydrogen) atoms. The topological polar surface area (TPSA) is 68.2 Å². The molecule has 0 saturated carbocycles. The number of likely N-dealkylation sites (tertiary alicyclic amines) is 1. The van der Waals surface area contributed by atoms with Gasteiger partial charge in [0, 0.05) is 38.4 Å². The van der Waals surface area contributed by atoms with Gasteiger partial charge in [0.15, 0.2) is 0 Å². The summed E-state index contributed by atoms with van der Waals surface area (Å²) in [6, 6.07) is 6.22. The first-order valence-electron chi connectivity index (χ1n) is 9.35. The van der Waals surface area contributed by atoms with E-state index in [9.17, 15) is 14.0 Å². The fourth-order valence-electron chi connectivity index (χ4n) is 3.91. The molecule has 2 heterocycles. The van der Waals surface area contributed by atoms with Crippen LogP contribution in [0.3, 0.4) is 0 Å². The number of oxime groups is 1. The molecule has 7 heteroatoms. The Morgan fingerprint density at radius 1 is 1.44 bits per heavy atom. The summed E-state index contributed by atoms with van der Waals surface area (Å²) in [5.41, 5.74) is 0.548. The van der Waals surface area contributed by atoms with Crippen LogP contribution in [0.5, 0.6) is 0 Å². The third-order valence-corrected chi connectivity index (χ3v) is 5.24. The number of hydrogen-bond donors (Lipinski definition) is 0. The van der Waals surface area contributed by atoms with Crippen LogP contribution in [0.2, 0.25) is 0 Å². The van der Waals surface area contributed by atoms with Crippen LogP contribution in [-0.2, 0) is 19.2 Å². The van der Waals surface area contributed by atoms with Gasteiger partial charge in [-0.15, -0.1) is 0 Å². The van der Waals surface area contributed by atoms with Crippen molar-refractivity contribution in [3.8, 4) is 0 Å². The van der Waals surface area contributed by atoms with Crippen molar-refractivity contribution < 1.29 is 23.6 Å². The molecule has 1 aromatic carbocycles. The summed E-state index contributed by atoms with van der Waals surface area (Å²) in [5.74, 6) is -0.669. The highest BCUT2D eigenvalue weighted by atomic mass is 19.1. The van der Waals surface area contributed by atoms with Crippen molar-refractivity contribution in [2.75, 3.05) is 19.7 Å². The molecule has 2 atom stereocenters. The lowest BCUT2D eigenvalue weighted by Crippen LogP contribution is -2.51. The monoisotopic (exact) mass is 376 g/mol. The maximum Gasteiger partial charge on any atom is 0.314 e. The molecule has 0 radical (unpaired) electrons. The van der Waals surface area contributed by atoms with E-state index >= 15 is 0 Å². The Morgan fingerprint density at radius 2 is 2.26 bits per heavy atom. The van der Waals surface area contributed by atoms with E-state index in [1.165, 1.54) is 19.1 Å². The third-order valence-electron chi connectivity index (χ3n) is 5.24. The Hall–Kier alpha value is -2.44. The number of carbonyl (C=O) groups excluding carboxylic acids is 2. The maximum atomic E-state index is 13.5. The fraction of sp³-hybridized carbons (Fsp3) is 0.550. The molecule has 2 aliphatic heterocycles. The summed E-state index contributed by atoms with van der Waals surface area (Å²) in [4.78, 5) is 31.9. The minimum absolute atomic E-state index is 0.0487. The average Bonchev–Trinajstić information content (AvgIpc) is 3.10. The number of esters is 1. The van der Waals surface area contributed by atoms with Gasteiger partial charge in [-0.25, -0.2) is 4.39 Å². The number of carbonyl (C=O) groups is 2. The first-order valence-corrected chi connectivity index (χ1v) is 9.35. The summed E-state index contributed by atoms with van der Waals surface area (Å²) in [6.07, 6.45) is 1.98. The number of piperidine rings is 1. The van der Waals surface area contributed by atoms with Gasteiger partial charge in [0.1, 0.15) is 11.9 Å². The van der Waals surface area contributed by atoms with Crippen molar-refractivity contribution >= 4 is 17.6 Å². The van der Waals surface area contributed by atoms with Crippen molar-refractivity contribution in [1.29, 1.82) is 0 Å². The third kappa shape index (κ3) is 4.28. The predicted octanol–water partition coefficient (Wildman–Crippen LogP) is 2.90. The summed E-state index contributed by atoms with van der Waals surface area (Å²) in [7, 11) is 0. The number of nitrogens with zero attached hydrogens (tertiary/aromatic N) is 2. The second kappa shape index (κ2) is 8.06. The second-order valence-corrected chi connectivity index (χ2v) is 7.23. The van der Waals surface area contributed by atoms with Gasteiger partial charge in [-0.1, -0.05) is 17.3 Å². The van der Waals surface area contributed by atoms with E-state index in [1.807, 2.05) is 0 Å². The average molecular weight is 376 g/mol. The molecule has 1 saturated heterocycles. The molecule has 2 aliphatic rings. The first-order chi connectivity index (χ1) is 12.9. The largest absolute Gasteiger partial charge is 0.466 e. The number of benzene rings is 1. The van der Waals surface area contributed by atoms with E-state index in [-0.39, 0.29) is 30.4 Å². The lowest BCUT2D eigenvalue weighted by molar-refractivity contribution is -0.163. The van der Waals surface area contributed by atoms with Crippen LogP contribution >= 0.6 is 0 Å². The van der Waals surface area contributed by atoms with Gasteiger partial charge in [-0.05, 0) is 31.9 Å².